The minimum atomic E-state index is 0.181. The summed E-state index contributed by atoms with van der Waals surface area (Å²) in [5.41, 5.74) is 2.23. The first-order valence-corrected chi connectivity index (χ1v) is 6.39. The number of imidazole rings is 1. The molecule has 17 heavy (non-hydrogen) atoms. The summed E-state index contributed by atoms with van der Waals surface area (Å²) in [6.45, 7) is 5.26. The highest BCUT2D eigenvalue weighted by molar-refractivity contribution is 6.17. The van der Waals surface area contributed by atoms with Gasteiger partial charge in [0.2, 0.25) is 5.95 Å². The normalized spacial score (nSPS) is 11.9. The fourth-order valence-electron chi connectivity index (χ4n) is 1.70. The minimum absolute atomic E-state index is 0.181. The van der Waals surface area contributed by atoms with E-state index in [2.05, 4.69) is 29.1 Å². The molecule has 0 unspecified atom stereocenters. The van der Waals surface area contributed by atoms with Gasteiger partial charge in [-0.3, -0.25) is 0 Å². The Balaban J connectivity index is 2.04. The second-order valence-electron chi connectivity index (χ2n) is 5.06. The molecule has 0 amide bonds. The highest BCUT2D eigenvalue weighted by atomic mass is 35.5. The van der Waals surface area contributed by atoms with Crippen LogP contribution in [0.2, 0.25) is 0 Å². The van der Waals surface area contributed by atoms with Crippen molar-refractivity contribution in [3.63, 3.8) is 0 Å². The molecular formula is C13H18ClN3. The number of H-pyrrole nitrogens is 1. The van der Waals surface area contributed by atoms with Crippen LogP contribution in [0.1, 0.15) is 20.3 Å². The third kappa shape index (κ3) is 3.13. The number of alkyl halides is 1. The molecule has 1 aromatic carbocycles. The lowest BCUT2D eigenvalue weighted by molar-refractivity contribution is 0.378. The van der Waals surface area contributed by atoms with Crippen molar-refractivity contribution in [2.75, 3.05) is 17.7 Å². The van der Waals surface area contributed by atoms with Crippen molar-refractivity contribution in [1.29, 1.82) is 0 Å². The van der Waals surface area contributed by atoms with E-state index in [1.165, 1.54) is 0 Å². The van der Waals surface area contributed by atoms with Gasteiger partial charge in [0, 0.05) is 12.4 Å². The lowest BCUT2D eigenvalue weighted by atomic mass is 9.90. The molecule has 0 bridgehead atoms. The number of halogens is 1. The van der Waals surface area contributed by atoms with Gasteiger partial charge in [-0.1, -0.05) is 26.0 Å². The van der Waals surface area contributed by atoms with Crippen LogP contribution in [0.25, 0.3) is 11.0 Å². The Hall–Kier alpha value is -1.22. The number of aromatic amines is 1. The second kappa shape index (κ2) is 4.96. The average molecular weight is 252 g/mol. The summed E-state index contributed by atoms with van der Waals surface area (Å²) in [7, 11) is 0. The summed E-state index contributed by atoms with van der Waals surface area (Å²) < 4.78 is 0. The maximum atomic E-state index is 5.78. The molecule has 0 aliphatic carbocycles. The SMILES string of the molecule is CC(C)(CCCl)CNc1nc2ccccc2[nH]1. The van der Waals surface area contributed by atoms with Gasteiger partial charge in [-0.05, 0) is 24.0 Å². The summed E-state index contributed by atoms with van der Waals surface area (Å²) in [5, 5.41) is 3.33. The standard InChI is InChI=1S/C13H18ClN3/c1-13(2,7-8-14)9-15-12-16-10-5-3-4-6-11(10)17-12/h3-6H,7-9H2,1-2H3,(H2,15,16,17). The van der Waals surface area contributed by atoms with Crippen LogP contribution in [0.4, 0.5) is 5.95 Å². The van der Waals surface area contributed by atoms with E-state index >= 15 is 0 Å². The minimum Gasteiger partial charge on any atom is -0.355 e. The zero-order valence-corrected chi connectivity index (χ0v) is 11.0. The second-order valence-corrected chi connectivity index (χ2v) is 5.44. The van der Waals surface area contributed by atoms with Crippen LogP contribution in [0.5, 0.6) is 0 Å². The molecule has 0 atom stereocenters. The Morgan fingerprint density at radius 1 is 1.35 bits per heavy atom. The molecule has 0 saturated heterocycles. The van der Waals surface area contributed by atoms with Crippen LogP contribution >= 0.6 is 11.6 Å². The van der Waals surface area contributed by atoms with Crippen molar-refractivity contribution in [1.82, 2.24) is 9.97 Å². The summed E-state index contributed by atoms with van der Waals surface area (Å²) in [6, 6.07) is 8.02. The van der Waals surface area contributed by atoms with Crippen LogP contribution in [0, 0.1) is 5.41 Å². The number of hydrogen-bond acceptors (Lipinski definition) is 2. The molecule has 0 fully saturated rings. The molecular weight excluding hydrogens is 234 g/mol. The number of rotatable bonds is 5. The topological polar surface area (TPSA) is 40.7 Å². The van der Waals surface area contributed by atoms with Gasteiger partial charge in [0.25, 0.3) is 0 Å². The van der Waals surface area contributed by atoms with Crippen molar-refractivity contribution in [3.05, 3.63) is 24.3 Å². The predicted octanol–water partition coefficient (Wildman–Crippen LogP) is 3.63. The molecule has 0 saturated carbocycles. The Labute approximate surface area is 107 Å². The Kier molecular flexibility index (Phi) is 3.57. The first-order valence-electron chi connectivity index (χ1n) is 5.85. The third-order valence-electron chi connectivity index (χ3n) is 2.90. The molecule has 0 spiro atoms. The summed E-state index contributed by atoms with van der Waals surface area (Å²) >= 11 is 5.78. The lowest BCUT2D eigenvalue weighted by Gasteiger charge is -2.23. The van der Waals surface area contributed by atoms with E-state index in [4.69, 9.17) is 11.6 Å². The average Bonchev–Trinajstić information content (AvgIpc) is 2.69. The van der Waals surface area contributed by atoms with Crippen molar-refractivity contribution in [3.8, 4) is 0 Å². The first kappa shape index (κ1) is 12.2. The maximum absolute atomic E-state index is 5.78. The molecule has 1 heterocycles. The first-order chi connectivity index (χ1) is 8.11. The molecule has 2 N–H and O–H groups in total. The van der Waals surface area contributed by atoms with E-state index < -0.39 is 0 Å². The number of fused-ring (bicyclic) bond motifs is 1. The lowest BCUT2D eigenvalue weighted by Crippen LogP contribution is -2.23. The van der Waals surface area contributed by atoms with E-state index in [9.17, 15) is 0 Å². The number of hydrogen-bond donors (Lipinski definition) is 2. The van der Waals surface area contributed by atoms with Gasteiger partial charge in [0.05, 0.1) is 11.0 Å². The fourth-order valence-corrected chi connectivity index (χ4v) is 2.22. The zero-order chi connectivity index (χ0) is 12.3. The van der Waals surface area contributed by atoms with E-state index in [0.717, 1.165) is 29.9 Å². The van der Waals surface area contributed by atoms with Crippen molar-refractivity contribution >= 4 is 28.6 Å². The van der Waals surface area contributed by atoms with Gasteiger partial charge in [0.1, 0.15) is 0 Å². The van der Waals surface area contributed by atoms with Crippen LogP contribution in [0.15, 0.2) is 24.3 Å². The molecule has 92 valence electrons. The third-order valence-corrected chi connectivity index (χ3v) is 3.08. The number of aromatic nitrogens is 2. The Bertz CT molecular complexity index is 457. The summed E-state index contributed by atoms with van der Waals surface area (Å²) in [5.74, 6) is 1.52. The number of para-hydroxylation sites is 2. The fraction of sp³-hybridized carbons (Fsp3) is 0.462. The van der Waals surface area contributed by atoms with Crippen LogP contribution < -0.4 is 5.32 Å². The van der Waals surface area contributed by atoms with E-state index in [1.54, 1.807) is 0 Å². The van der Waals surface area contributed by atoms with Crippen LogP contribution in [-0.4, -0.2) is 22.4 Å². The van der Waals surface area contributed by atoms with E-state index in [1.807, 2.05) is 24.3 Å². The highest BCUT2D eigenvalue weighted by Gasteiger charge is 2.17. The molecule has 1 aromatic heterocycles. The Morgan fingerprint density at radius 2 is 2.12 bits per heavy atom. The number of anilines is 1. The highest BCUT2D eigenvalue weighted by Crippen LogP contribution is 2.22. The van der Waals surface area contributed by atoms with E-state index in [0.29, 0.717) is 5.88 Å². The van der Waals surface area contributed by atoms with E-state index in [-0.39, 0.29) is 5.41 Å². The quantitative estimate of drug-likeness (QED) is 0.797. The monoisotopic (exact) mass is 251 g/mol. The van der Waals surface area contributed by atoms with Gasteiger partial charge in [-0.2, -0.15) is 0 Å². The van der Waals surface area contributed by atoms with Crippen LogP contribution in [-0.2, 0) is 0 Å². The zero-order valence-electron chi connectivity index (χ0n) is 10.3. The molecule has 2 aromatic rings. The largest absolute Gasteiger partial charge is 0.355 e. The van der Waals surface area contributed by atoms with Gasteiger partial charge in [-0.15, -0.1) is 11.6 Å². The smallest absolute Gasteiger partial charge is 0.201 e. The maximum Gasteiger partial charge on any atom is 0.201 e. The van der Waals surface area contributed by atoms with Crippen molar-refractivity contribution < 1.29 is 0 Å². The number of nitrogens with one attached hydrogen (secondary N) is 2. The number of benzene rings is 1. The van der Waals surface area contributed by atoms with Gasteiger partial charge in [0.15, 0.2) is 0 Å². The summed E-state index contributed by atoms with van der Waals surface area (Å²) in [4.78, 5) is 7.73. The predicted molar refractivity (Wildman–Crippen MR) is 73.7 cm³/mol. The molecule has 0 aliphatic rings. The van der Waals surface area contributed by atoms with Gasteiger partial charge >= 0.3 is 0 Å². The molecule has 0 aliphatic heterocycles. The van der Waals surface area contributed by atoms with Gasteiger partial charge in [-0.25, -0.2) is 4.98 Å². The summed E-state index contributed by atoms with van der Waals surface area (Å²) in [6.07, 6.45) is 0.988. The van der Waals surface area contributed by atoms with Crippen molar-refractivity contribution in [2.24, 2.45) is 5.41 Å². The van der Waals surface area contributed by atoms with Crippen molar-refractivity contribution in [2.45, 2.75) is 20.3 Å². The van der Waals surface area contributed by atoms with Crippen LogP contribution in [0.3, 0.4) is 0 Å². The molecule has 2 rings (SSSR count). The molecule has 4 heteroatoms. The van der Waals surface area contributed by atoms with Gasteiger partial charge < -0.3 is 10.3 Å². The number of nitrogens with zero attached hydrogens (tertiary/aromatic N) is 1. The Morgan fingerprint density at radius 3 is 2.82 bits per heavy atom. The molecule has 0 radical (unpaired) electrons. The molecule has 3 nitrogen and oxygen atoms in total.